The van der Waals surface area contributed by atoms with E-state index in [4.69, 9.17) is 0 Å². The normalized spacial score (nSPS) is 12.0. The highest BCUT2D eigenvalue weighted by Gasteiger charge is 2.16. The molecular formula is C14H19N3O2S2. The molecule has 1 aromatic heterocycles. The van der Waals surface area contributed by atoms with Crippen LogP contribution in [0.3, 0.4) is 0 Å². The van der Waals surface area contributed by atoms with Crippen LogP contribution in [0.1, 0.15) is 15.4 Å². The number of thiazole rings is 1. The average Bonchev–Trinajstić information content (AvgIpc) is 2.85. The zero-order chi connectivity index (χ0) is 15.5. The molecule has 0 bridgehead atoms. The summed E-state index contributed by atoms with van der Waals surface area (Å²) in [5, 5.41) is 4.38. The zero-order valence-corrected chi connectivity index (χ0v) is 14.0. The van der Waals surface area contributed by atoms with Crippen LogP contribution in [0, 0.1) is 6.92 Å². The van der Waals surface area contributed by atoms with Gasteiger partial charge in [0.25, 0.3) is 0 Å². The van der Waals surface area contributed by atoms with Crippen molar-refractivity contribution < 1.29 is 8.42 Å². The second-order valence-electron chi connectivity index (χ2n) is 4.88. The molecule has 0 radical (unpaired) electrons. The van der Waals surface area contributed by atoms with Gasteiger partial charge in [-0.15, -0.1) is 11.3 Å². The van der Waals surface area contributed by atoms with Crippen molar-refractivity contribution in [3.8, 4) is 0 Å². The molecular weight excluding hydrogens is 306 g/mol. The summed E-state index contributed by atoms with van der Waals surface area (Å²) in [6, 6.07) is 6.95. The van der Waals surface area contributed by atoms with Crippen LogP contribution < -0.4 is 5.32 Å². The van der Waals surface area contributed by atoms with Crippen molar-refractivity contribution in [2.75, 3.05) is 14.1 Å². The van der Waals surface area contributed by atoms with E-state index in [9.17, 15) is 8.42 Å². The van der Waals surface area contributed by atoms with Crippen LogP contribution in [-0.2, 0) is 23.1 Å². The van der Waals surface area contributed by atoms with Crippen LogP contribution in [0.15, 0.2) is 35.4 Å². The Morgan fingerprint density at radius 3 is 2.38 bits per heavy atom. The minimum atomic E-state index is -3.35. The molecule has 114 valence electrons. The molecule has 7 heteroatoms. The van der Waals surface area contributed by atoms with Gasteiger partial charge < -0.3 is 5.32 Å². The second-order valence-corrected chi connectivity index (χ2v) is 8.35. The predicted molar refractivity (Wildman–Crippen MR) is 84.7 cm³/mol. The number of benzene rings is 1. The molecule has 0 spiro atoms. The molecule has 0 amide bonds. The molecule has 1 N–H and O–H groups in total. The Morgan fingerprint density at radius 1 is 1.19 bits per heavy atom. The van der Waals surface area contributed by atoms with E-state index in [1.165, 1.54) is 23.3 Å². The lowest BCUT2D eigenvalue weighted by molar-refractivity contribution is 0.520. The highest BCUT2D eigenvalue weighted by molar-refractivity contribution is 7.89. The lowest BCUT2D eigenvalue weighted by Gasteiger charge is -2.11. The van der Waals surface area contributed by atoms with E-state index in [-0.39, 0.29) is 0 Å². The quantitative estimate of drug-likeness (QED) is 0.882. The first-order chi connectivity index (χ1) is 9.89. The van der Waals surface area contributed by atoms with Gasteiger partial charge in [0.05, 0.1) is 9.90 Å². The topological polar surface area (TPSA) is 62.3 Å². The molecule has 5 nitrogen and oxygen atoms in total. The largest absolute Gasteiger partial charge is 0.308 e. The van der Waals surface area contributed by atoms with Gasteiger partial charge in [-0.25, -0.2) is 17.7 Å². The molecule has 21 heavy (non-hydrogen) atoms. The first-order valence-electron chi connectivity index (χ1n) is 6.53. The third-order valence-corrected chi connectivity index (χ3v) is 5.74. The van der Waals surface area contributed by atoms with Crippen molar-refractivity contribution in [3.63, 3.8) is 0 Å². The summed E-state index contributed by atoms with van der Waals surface area (Å²) in [7, 11) is -0.289. The molecule has 2 aromatic rings. The summed E-state index contributed by atoms with van der Waals surface area (Å²) in [4.78, 5) is 5.71. The Bertz CT molecular complexity index is 691. The summed E-state index contributed by atoms with van der Waals surface area (Å²) in [6.45, 7) is 3.45. The minimum Gasteiger partial charge on any atom is -0.308 e. The van der Waals surface area contributed by atoms with Crippen LogP contribution in [0.5, 0.6) is 0 Å². The lowest BCUT2D eigenvalue weighted by atomic mass is 10.2. The average molecular weight is 325 g/mol. The number of hydrogen-bond acceptors (Lipinski definition) is 5. The number of hydrogen-bond donors (Lipinski definition) is 1. The maximum Gasteiger partial charge on any atom is 0.242 e. The molecule has 0 unspecified atom stereocenters. The number of nitrogens with one attached hydrogen (secondary N) is 1. The first kappa shape index (κ1) is 16.1. The Morgan fingerprint density at radius 2 is 1.86 bits per heavy atom. The Hall–Kier alpha value is -1.28. The van der Waals surface area contributed by atoms with Crippen LogP contribution in [-0.4, -0.2) is 31.8 Å². The van der Waals surface area contributed by atoms with E-state index in [1.54, 1.807) is 23.5 Å². The van der Waals surface area contributed by atoms with Crippen LogP contribution in [0.4, 0.5) is 0 Å². The zero-order valence-electron chi connectivity index (χ0n) is 12.3. The summed E-state index contributed by atoms with van der Waals surface area (Å²) in [6.07, 6.45) is 1.87. The molecule has 1 heterocycles. The number of aromatic nitrogens is 1. The van der Waals surface area contributed by atoms with E-state index < -0.39 is 10.0 Å². The van der Waals surface area contributed by atoms with Gasteiger partial charge in [0, 0.05) is 38.3 Å². The SMILES string of the molecule is Cc1ncc(CNCc2ccc(S(=O)(=O)N(C)C)cc2)s1. The van der Waals surface area contributed by atoms with Gasteiger partial charge in [0.2, 0.25) is 10.0 Å². The molecule has 0 aliphatic heterocycles. The highest BCUT2D eigenvalue weighted by Crippen LogP contribution is 2.14. The fraction of sp³-hybridized carbons (Fsp3) is 0.357. The Labute approximate surface area is 129 Å². The molecule has 0 aliphatic rings. The number of rotatable bonds is 6. The van der Waals surface area contributed by atoms with Crippen molar-refractivity contribution in [3.05, 3.63) is 45.9 Å². The molecule has 0 aliphatic carbocycles. The van der Waals surface area contributed by atoms with Crippen LogP contribution >= 0.6 is 11.3 Å². The van der Waals surface area contributed by atoms with E-state index in [1.807, 2.05) is 25.3 Å². The van der Waals surface area contributed by atoms with Gasteiger partial charge in [-0.05, 0) is 24.6 Å². The van der Waals surface area contributed by atoms with Crippen molar-refractivity contribution in [1.82, 2.24) is 14.6 Å². The van der Waals surface area contributed by atoms with Gasteiger partial charge in [0.15, 0.2) is 0 Å². The molecule has 0 fully saturated rings. The summed E-state index contributed by atoms with van der Waals surface area (Å²) < 4.78 is 25.1. The predicted octanol–water partition coefficient (Wildman–Crippen LogP) is 1.99. The maximum absolute atomic E-state index is 11.9. The molecule has 2 rings (SSSR count). The van der Waals surface area contributed by atoms with Gasteiger partial charge in [0.1, 0.15) is 0 Å². The van der Waals surface area contributed by atoms with Crippen molar-refractivity contribution in [2.45, 2.75) is 24.9 Å². The van der Waals surface area contributed by atoms with Crippen molar-refractivity contribution >= 4 is 21.4 Å². The second kappa shape index (κ2) is 6.65. The number of sulfonamides is 1. The highest BCUT2D eigenvalue weighted by atomic mass is 32.2. The monoisotopic (exact) mass is 325 g/mol. The summed E-state index contributed by atoms with van der Waals surface area (Å²) in [5.41, 5.74) is 1.05. The van der Waals surface area contributed by atoms with Crippen molar-refractivity contribution in [2.24, 2.45) is 0 Å². The molecule has 0 saturated carbocycles. The maximum atomic E-state index is 11.9. The van der Waals surface area contributed by atoms with Crippen LogP contribution in [0.2, 0.25) is 0 Å². The fourth-order valence-electron chi connectivity index (χ4n) is 1.81. The van der Waals surface area contributed by atoms with E-state index in [2.05, 4.69) is 10.3 Å². The Balaban J connectivity index is 1.94. The van der Waals surface area contributed by atoms with E-state index >= 15 is 0 Å². The minimum absolute atomic E-state index is 0.314. The third kappa shape index (κ3) is 4.10. The van der Waals surface area contributed by atoms with Gasteiger partial charge >= 0.3 is 0 Å². The molecule has 1 aromatic carbocycles. The van der Waals surface area contributed by atoms with Gasteiger partial charge in [-0.3, -0.25) is 0 Å². The smallest absolute Gasteiger partial charge is 0.242 e. The first-order valence-corrected chi connectivity index (χ1v) is 8.79. The van der Waals surface area contributed by atoms with Crippen molar-refractivity contribution in [1.29, 1.82) is 0 Å². The van der Waals surface area contributed by atoms with Gasteiger partial charge in [-0.1, -0.05) is 12.1 Å². The standard InChI is InChI=1S/C14H19N3O2S2/c1-11-16-10-13(20-11)9-15-8-12-4-6-14(7-5-12)21(18,19)17(2)3/h4-7,10,15H,8-9H2,1-3H3. The molecule has 0 atom stereocenters. The van der Waals surface area contributed by atoms with Crippen LogP contribution in [0.25, 0.3) is 0 Å². The lowest BCUT2D eigenvalue weighted by Crippen LogP contribution is -2.22. The number of nitrogens with zero attached hydrogens (tertiary/aromatic N) is 2. The Kier molecular flexibility index (Phi) is 5.10. The third-order valence-electron chi connectivity index (χ3n) is 3.00. The van der Waals surface area contributed by atoms with E-state index in [0.29, 0.717) is 11.4 Å². The van der Waals surface area contributed by atoms with Gasteiger partial charge in [-0.2, -0.15) is 0 Å². The summed E-state index contributed by atoms with van der Waals surface area (Å²) >= 11 is 1.67. The van der Waals surface area contributed by atoms with E-state index in [0.717, 1.165) is 17.1 Å². The summed E-state index contributed by atoms with van der Waals surface area (Å²) in [5.74, 6) is 0. The number of aryl methyl sites for hydroxylation is 1. The molecule has 0 saturated heterocycles. The fourth-order valence-corrected chi connectivity index (χ4v) is 3.47.